The summed E-state index contributed by atoms with van der Waals surface area (Å²) in [6, 6.07) is 16.5. The normalized spacial score (nSPS) is 29.5. The Hall–Kier alpha value is -1.80. The topological polar surface area (TPSA) is 77.4 Å². The molecule has 0 spiro atoms. The van der Waals surface area contributed by atoms with Gasteiger partial charge in [0, 0.05) is 11.1 Å². The molecule has 0 amide bonds. The van der Waals surface area contributed by atoms with Crippen molar-refractivity contribution < 1.29 is 29.2 Å². The molecule has 2 aromatic carbocycles. The molecule has 192 valence electrons. The highest BCUT2D eigenvalue weighted by Gasteiger charge is 2.51. The number of aryl methyl sites for hydroxylation is 2. The monoisotopic (exact) mass is 484 g/mol. The van der Waals surface area contributed by atoms with E-state index in [-0.39, 0.29) is 6.10 Å². The molecule has 6 heteroatoms. The van der Waals surface area contributed by atoms with Crippen LogP contribution in [0.4, 0.5) is 0 Å². The first-order chi connectivity index (χ1) is 17.1. The van der Waals surface area contributed by atoms with Gasteiger partial charge in [-0.1, -0.05) is 88.6 Å². The van der Waals surface area contributed by atoms with Crippen LogP contribution in [0.5, 0.6) is 0 Å². The zero-order chi connectivity index (χ0) is 24.8. The Kier molecular flexibility index (Phi) is 9.34. The van der Waals surface area contributed by atoms with Gasteiger partial charge in [0.1, 0.15) is 24.4 Å². The summed E-state index contributed by atoms with van der Waals surface area (Å²) in [6.45, 7) is 6.02. The van der Waals surface area contributed by atoms with Crippen LogP contribution in [0, 0.1) is 0 Å². The molecule has 7 atom stereocenters. The van der Waals surface area contributed by atoms with Gasteiger partial charge in [-0.05, 0) is 30.4 Å². The fourth-order valence-electron chi connectivity index (χ4n) is 5.03. The summed E-state index contributed by atoms with van der Waals surface area (Å²) in [5.74, 6) is 0. The molecule has 0 aliphatic carbocycles. The van der Waals surface area contributed by atoms with E-state index < -0.39 is 43.6 Å². The summed E-state index contributed by atoms with van der Waals surface area (Å²) >= 11 is 0. The Bertz CT molecular complexity index is 898. The molecule has 6 nitrogen and oxygen atoms in total. The van der Waals surface area contributed by atoms with Crippen LogP contribution in [-0.4, -0.2) is 47.3 Å². The van der Waals surface area contributed by atoms with E-state index >= 15 is 0 Å². The molecular formula is C29H40O6. The third-order valence-electron chi connectivity index (χ3n) is 6.88. The van der Waals surface area contributed by atoms with Crippen LogP contribution in [0.15, 0.2) is 48.5 Å². The van der Waals surface area contributed by atoms with E-state index in [0.717, 1.165) is 49.7 Å². The first-order valence-electron chi connectivity index (χ1n) is 13.2. The first-order valence-corrected chi connectivity index (χ1v) is 13.2. The van der Waals surface area contributed by atoms with Gasteiger partial charge in [0.25, 0.3) is 0 Å². The second kappa shape index (κ2) is 12.4. The molecule has 2 heterocycles. The zero-order valence-corrected chi connectivity index (χ0v) is 21.1. The third kappa shape index (κ3) is 6.13. The van der Waals surface area contributed by atoms with Gasteiger partial charge < -0.3 is 29.2 Å². The van der Waals surface area contributed by atoms with Crippen LogP contribution in [-0.2, 0) is 31.8 Å². The van der Waals surface area contributed by atoms with Gasteiger partial charge in [0.15, 0.2) is 12.6 Å². The number of benzene rings is 2. The average molecular weight is 485 g/mol. The van der Waals surface area contributed by atoms with Crippen molar-refractivity contribution in [2.75, 3.05) is 6.61 Å². The second-order valence-corrected chi connectivity index (χ2v) is 9.66. The predicted molar refractivity (Wildman–Crippen MR) is 134 cm³/mol. The van der Waals surface area contributed by atoms with Crippen molar-refractivity contribution in [2.24, 2.45) is 0 Å². The molecule has 2 N–H and O–H groups in total. The Morgan fingerprint density at radius 2 is 1.20 bits per heavy atom. The lowest BCUT2D eigenvalue weighted by molar-refractivity contribution is -0.391. The number of aliphatic hydroxyl groups is 2. The van der Waals surface area contributed by atoms with Gasteiger partial charge in [-0.25, -0.2) is 0 Å². The molecule has 2 aliphatic heterocycles. The molecule has 35 heavy (non-hydrogen) atoms. The third-order valence-corrected chi connectivity index (χ3v) is 6.88. The molecule has 2 saturated heterocycles. The lowest BCUT2D eigenvalue weighted by Gasteiger charge is -2.50. The van der Waals surface area contributed by atoms with E-state index in [4.69, 9.17) is 18.9 Å². The molecular weight excluding hydrogens is 444 g/mol. The van der Waals surface area contributed by atoms with Gasteiger partial charge in [0.05, 0.1) is 12.7 Å². The van der Waals surface area contributed by atoms with Crippen molar-refractivity contribution in [3.8, 4) is 0 Å². The van der Waals surface area contributed by atoms with Crippen LogP contribution in [0.25, 0.3) is 0 Å². The molecule has 0 radical (unpaired) electrons. The van der Waals surface area contributed by atoms with Gasteiger partial charge >= 0.3 is 0 Å². The van der Waals surface area contributed by atoms with Crippen LogP contribution < -0.4 is 0 Å². The minimum atomic E-state index is -1.10. The Labute approximate surface area is 209 Å². The molecule has 0 bridgehead atoms. The van der Waals surface area contributed by atoms with Crippen LogP contribution in [0.1, 0.15) is 81.3 Å². The number of fused-ring (bicyclic) bond motifs is 1. The summed E-state index contributed by atoms with van der Waals surface area (Å²) in [5.41, 5.74) is 4.34. The maximum absolute atomic E-state index is 10.7. The lowest BCUT2D eigenvalue weighted by Crippen LogP contribution is -2.61. The minimum absolute atomic E-state index is 0.224. The van der Waals surface area contributed by atoms with Gasteiger partial charge in [0.2, 0.25) is 0 Å². The summed E-state index contributed by atoms with van der Waals surface area (Å²) < 4.78 is 25.5. The smallest absolute Gasteiger partial charge is 0.184 e. The van der Waals surface area contributed by atoms with Crippen LogP contribution in [0.2, 0.25) is 0 Å². The van der Waals surface area contributed by atoms with E-state index in [2.05, 4.69) is 45.0 Å². The van der Waals surface area contributed by atoms with Crippen molar-refractivity contribution in [3.63, 3.8) is 0 Å². The highest BCUT2D eigenvalue weighted by Crippen LogP contribution is 2.42. The number of aliphatic hydroxyl groups excluding tert-OH is 2. The predicted octanol–water partition coefficient (Wildman–Crippen LogP) is 5.01. The lowest BCUT2D eigenvalue weighted by atomic mass is 9.93. The van der Waals surface area contributed by atoms with Crippen LogP contribution in [0.3, 0.4) is 0 Å². The molecule has 0 unspecified atom stereocenters. The maximum atomic E-state index is 10.7. The van der Waals surface area contributed by atoms with Crippen molar-refractivity contribution in [2.45, 2.75) is 102 Å². The minimum Gasteiger partial charge on any atom is -0.394 e. The first kappa shape index (κ1) is 26.3. The van der Waals surface area contributed by atoms with E-state index in [0.29, 0.717) is 0 Å². The highest BCUT2D eigenvalue weighted by atomic mass is 16.8. The standard InChI is InChI=1S/C29H40O6/c1-4-7-19-10-14-21(15-11-19)28-32-24(9-6-3)26-27(35-28)25(23(31)18-30)33-29(34-26)22-16-12-20(8-5-2)13-17-22/h10-17,23-31H,4-9,18H2,1-3H3/t23-,24-,25-,26+,27+,28-,29-/m1/s1. The van der Waals surface area contributed by atoms with Crippen LogP contribution >= 0.6 is 0 Å². The molecule has 2 aromatic rings. The van der Waals surface area contributed by atoms with E-state index in [1.54, 1.807) is 0 Å². The van der Waals surface area contributed by atoms with E-state index in [9.17, 15) is 10.2 Å². The summed E-state index contributed by atoms with van der Waals surface area (Å²) in [5, 5.41) is 20.5. The Balaban J connectivity index is 1.59. The summed E-state index contributed by atoms with van der Waals surface area (Å²) in [6.07, 6.45) is 1.61. The SMILES string of the molecule is CCCc1ccc([C@H]2O[C@@H]3[C@@H](O[C@H](c4ccc(CCC)cc4)O[C@@H]3CCC)[C@@H]([C@H](O)CO)O2)cc1. The summed E-state index contributed by atoms with van der Waals surface area (Å²) in [7, 11) is 0. The molecule has 0 aromatic heterocycles. The molecule has 2 aliphatic rings. The van der Waals surface area contributed by atoms with Gasteiger partial charge in [-0.2, -0.15) is 0 Å². The molecule has 2 fully saturated rings. The van der Waals surface area contributed by atoms with Crippen molar-refractivity contribution in [3.05, 3.63) is 70.8 Å². The fraction of sp³-hybridized carbons (Fsp3) is 0.586. The molecule has 4 rings (SSSR count). The quantitative estimate of drug-likeness (QED) is 0.494. The molecule has 0 saturated carbocycles. The van der Waals surface area contributed by atoms with Crippen molar-refractivity contribution >= 4 is 0 Å². The second-order valence-electron chi connectivity index (χ2n) is 9.66. The highest BCUT2D eigenvalue weighted by molar-refractivity contribution is 5.25. The van der Waals surface area contributed by atoms with Gasteiger partial charge in [-0.3, -0.25) is 0 Å². The maximum Gasteiger partial charge on any atom is 0.184 e. The summed E-state index contributed by atoms with van der Waals surface area (Å²) in [4.78, 5) is 0. The largest absolute Gasteiger partial charge is 0.394 e. The van der Waals surface area contributed by atoms with Gasteiger partial charge in [-0.15, -0.1) is 0 Å². The number of ether oxygens (including phenoxy) is 4. The van der Waals surface area contributed by atoms with E-state index in [1.165, 1.54) is 11.1 Å². The fourth-order valence-corrected chi connectivity index (χ4v) is 5.03. The average Bonchev–Trinajstić information content (AvgIpc) is 2.89. The number of hydrogen-bond acceptors (Lipinski definition) is 6. The van der Waals surface area contributed by atoms with Crippen molar-refractivity contribution in [1.82, 2.24) is 0 Å². The Morgan fingerprint density at radius 3 is 1.69 bits per heavy atom. The van der Waals surface area contributed by atoms with E-state index in [1.807, 2.05) is 24.3 Å². The number of rotatable bonds is 10. The van der Waals surface area contributed by atoms with Crippen molar-refractivity contribution in [1.29, 1.82) is 0 Å². The number of hydrogen-bond donors (Lipinski definition) is 2. The zero-order valence-electron chi connectivity index (χ0n) is 21.1. The Morgan fingerprint density at radius 1 is 0.686 bits per heavy atom.